The Labute approximate surface area is 108 Å². The Bertz CT molecular complexity index is 389. The fourth-order valence-corrected chi connectivity index (χ4v) is 1.72. The summed E-state index contributed by atoms with van der Waals surface area (Å²) in [7, 11) is 0. The normalized spacial score (nSPS) is 14.4. The van der Waals surface area contributed by atoms with Gasteiger partial charge in [0.05, 0.1) is 6.42 Å². The van der Waals surface area contributed by atoms with Gasteiger partial charge in [-0.1, -0.05) is 19.0 Å². The Morgan fingerprint density at radius 3 is 2.67 bits per heavy atom. The first-order valence-electron chi connectivity index (χ1n) is 6.54. The van der Waals surface area contributed by atoms with E-state index in [1.165, 1.54) is 0 Å². The van der Waals surface area contributed by atoms with Crippen LogP contribution in [0.3, 0.4) is 0 Å². The van der Waals surface area contributed by atoms with E-state index in [-0.39, 0.29) is 12.2 Å². The lowest BCUT2D eigenvalue weighted by Gasteiger charge is -2.23. The minimum atomic E-state index is -0.537. The van der Waals surface area contributed by atoms with Gasteiger partial charge >= 0.3 is 0 Å². The minimum Gasteiger partial charge on any atom is -0.367 e. The van der Waals surface area contributed by atoms with Crippen molar-refractivity contribution in [2.45, 2.75) is 59.0 Å². The Kier molecular flexibility index (Phi) is 5.47. The van der Waals surface area contributed by atoms with Crippen molar-refractivity contribution >= 4 is 5.78 Å². The third kappa shape index (κ3) is 3.63. The van der Waals surface area contributed by atoms with Crippen molar-refractivity contribution in [3.05, 3.63) is 11.7 Å². The largest absolute Gasteiger partial charge is 0.367 e. The molecule has 5 heteroatoms. The second-order valence-corrected chi connectivity index (χ2v) is 4.49. The SMILES string of the molecule is CCCC(=O)Cc1nc(C(C)(CC)OCC)no1. The quantitative estimate of drug-likeness (QED) is 0.713. The fraction of sp³-hybridized carbons (Fsp3) is 0.769. The molecule has 0 radical (unpaired) electrons. The molecule has 0 bridgehead atoms. The van der Waals surface area contributed by atoms with Gasteiger partial charge in [0, 0.05) is 13.0 Å². The number of carbonyl (C=O) groups excluding carboxylic acids is 1. The third-order valence-corrected chi connectivity index (χ3v) is 2.96. The van der Waals surface area contributed by atoms with Crippen LogP contribution in [0.25, 0.3) is 0 Å². The van der Waals surface area contributed by atoms with E-state index in [2.05, 4.69) is 10.1 Å². The van der Waals surface area contributed by atoms with Crippen LogP contribution in [0.2, 0.25) is 0 Å². The number of ketones is 1. The highest BCUT2D eigenvalue weighted by Gasteiger charge is 2.31. The lowest BCUT2D eigenvalue weighted by Crippen LogP contribution is -2.26. The smallest absolute Gasteiger partial charge is 0.234 e. The highest BCUT2D eigenvalue weighted by Crippen LogP contribution is 2.26. The van der Waals surface area contributed by atoms with Gasteiger partial charge < -0.3 is 9.26 Å². The van der Waals surface area contributed by atoms with Crippen LogP contribution in [0.4, 0.5) is 0 Å². The standard InChI is InChI=1S/C13H22N2O3/c1-5-8-10(16)9-11-14-12(15-18-11)13(4,6-2)17-7-3/h5-9H2,1-4H3. The highest BCUT2D eigenvalue weighted by molar-refractivity contribution is 5.79. The molecule has 1 aromatic rings. The second kappa shape index (κ2) is 6.64. The van der Waals surface area contributed by atoms with Crippen molar-refractivity contribution in [2.75, 3.05) is 6.61 Å². The molecule has 102 valence electrons. The summed E-state index contributed by atoms with van der Waals surface area (Å²) < 4.78 is 10.8. The molecule has 1 unspecified atom stereocenters. The van der Waals surface area contributed by atoms with Crippen LogP contribution in [-0.2, 0) is 21.6 Å². The molecule has 0 aliphatic heterocycles. The molecule has 1 heterocycles. The zero-order valence-corrected chi connectivity index (χ0v) is 11.7. The predicted octanol–water partition coefficient (Wildman–Crippen LogP) is 2.64. The van der Waals surface area contributed by atoms with Gasteiger partial charge in [-0.05, 0) is 26.7 Å². The first kappa shape index (κ1) is 14.8. The molecular formula is C13H22N2O3. The Hall–Kier alpha value is -1.23. The summed E-state index contributed by atoms with van der Waals surface area (Å²) in [6.07, 6.45) is 2.36. The van der Waals surface area contributed by atoms with Crippen molar-refractivity contribution in [1.82, 2.24) is 10.1 Å². The zero-order valence-electron chi connectivity index (χ0n) is 11.7. The molecule has 0 aliphatic rings. The van der Waals surface area contributed by atoms with Crippen LogP contribution in [-0.4, -0.2) is 22.5 Å². The van der Waals surface area contributed by atoms with Gasteiger partial charge in [0.25, 0.3) is 0 Å². The molecule has 5 nitrogen and oxygen atoms in total. The molecule has 0 amide bonds. The number of rotatable bonds is 8. The molecule has 1 rings (SSSR count). The maximum Gasteiger partial charge on any atom is 0.234 e. The lowest BCUT2D eigenvalue weighted by atomic mass is 10.0. The van der Waals surface area contributed by atoms with Crippen molar-refractivity contribution < 1.29 is 14.1 Å². The van der Waals surface area contributed by atoms with Crippen LogP contribution in [0.5, 0.6) is 0 Å². The summed E-state index contributed by atoms with van der Waals surface area (Å²) in [5.41, 5.74) is -0.537. The van der Waals surface area contributed by atoms with Crippen molar-refractivity contribution in [1.29, 1.82) is 0 Å². The minimum absolute atomic E-state index is 0.127. The maximum absolute atomic E-state index is 11.5. The van der Waals surface area contributed by atoms with E-state index in [1.807, 2.05) is 27.7 Å². The van der Waals surface area contributed by atoms with E-state index in [9.17, 15) is 4.79 Å². The fourth-order valence-electron chi connectivity index (χ4n) is 1.72. The molecule has 1 aromatic heterocycles. The number of hydrogen-bond acceptors (Lipinski definition) is 5. The summed E-state index contributed by atoms with van der Waals surface area (Å²) in [5.74, 6) is 1.02. The summed E-state index contributed by atoms with van der Waals surface area (Å²) in [6, 6.07) is 0. The first-order chi connectivity index (χ1) is 8.55. The van der Waals surface area contributed by atoms with Crippen LogP contribution >= 0.6 is 0 Å². The highest BCUT2D eigenvalue weighted by atomic mass is 16.5. The van der Waals surface area contributed by atoms with E-state index < -0.39 is 5.60 Å². The molecule has 0 aliphatic carbocycles. The van der Waals surface area contributed by atoms with E-state index in [0.29, 0.717) is 24.7 Å². The van der Waals surface area contributed by atoms with Gasteiger partial charge in [-0.25, -0.2) is 0 Å². The predicted molar refractivity (Wildman–Crippen MR) is 67.2 cm³/mol. The topological polar surface area (TPSA) is 65.2 Å². The summed E-state index contributed by atoms with van der Waals surface area (Å²) >= 11 is 0. The molecule has 1 atom stereocenters. The Morgan fingerprint density at radius 2 is 2.11 bits per heavy atom. The number of nitrogens with zero attached hydrogens (tertiary/aromatic N) is 2. The van der Waals surface area contributed by atoms with Gasteiger partial charge in [0.2, 0.25) is 11.7 Å². The van der Waals surface area contributed by atoms with Crippen LogP contribution in [0.15, 0.2) is 4.52 Å². The first-order valence-corrected chi connectivity index (χ1v) is 6.54. The molecule has 0 spiro atoms. The molecule has 0 fully saturated rings. The van der Waals surface area contributed by atoms with Crippen molar-refractivity contribution in [2.24, 2.45) is 0 Å². The molecule has 18 heavy (non-hydrogen) atoms. The Balaban J connectivity index is 2.75. The van der Waals surface area contributed by atoms with E-state index in [1.54, 1.807) is 0 Å². The average molecular weight is 254 g/mol. The van der Waals surface area contributed by atoms with E-state index in [0.717, 1.165) is 12.8 Å². The molecule has 0 saturated carbocycles. The molecule has 0 aromatic carbocycles. The maximum atomic E-state index is 11.5. The number of ether oxygens (including phenoxy) is 1. The summed E-state index contributed by atoms with van der Waals surface area (Å²) in [5, 5.41) is 3.93. The van der Waals surface area contributed by atoms with E-state index in [4.69, 9.17) is 9.26 Å². The van der Waals surface area contributed by atoms with Crippen LogP contribution < -0.4 is 0 Å². The van der Waals surface area contributed by atoms with Crippen molar-refractivity contribution in [3.8, 4) is 0 Å². The molecule has 0 saturated heterocycles. The van der Waals surface area contributed by atoms with Gasteiger partial charge in [-0.2, -0.15) is 4.98 Å². The second-order valence-electron chi connectivity index (χ2n) is 4.49. The van der Waals surface area contributed by atoms with Crippen LogP contribution in [0, 0.1) is 0 Å². The monoisotopic (exact) mass is 254 g/mol. The number of carbonyl (C=O) groups is 1. The van der Waals surface area contributed by atoms with Gasteiger partial charge in [-0.15, -0.1) is 0 Å². The zero-order chi connectivity index (χ0) is 13.6. The number of aromatic nitrogens is 2. The lowest BCUT2D eigenvalue weighted by molar-refractivity contribution is -0.118. The summed E-state index contributed by atoms with van der Waals surface area (Å²) in [6.45, 7) is 8.43. The summed E-state index contributed by atoms with van der Waals surface area (Å²) in [4.78, 5) is 15.8. The molecular weight excluding hydrogens is 232 g/mol. The van der Waals surface area contributed by atoms with Gasteiger partial charge in [0.1, 0.15) is 11.4 Å². The average Bonchev–Trinajstić information content (AvgIpc) is 2.78. The third-order valence-electron chi connectivity index (χ3n) is 2.96. The van der Waals surface area contributed by atoms with Crippen molar-refractivity contribution in [3.63, 3.8) is 0 Å². The number of hydrogen-bond donors (Lipinski definition) is 0. The molecule has 0 N–H and O–H groups in total. The number of Topliss-reactive ketones (excluding diaryl/α,β-unsaturated/α-hetero) is 1. The van der Waals surface area contributed by atoms with Crippen LogP contribution in [0.1, 0.15) is 58.7 Å². The van der Waals surface area contributed by atoms with E-state index >= 15 is 0 Å². The van der Waals surface area contributed by atoms with Gasteiger partial charge in [0.15, 0.2) is 0 Å². The van der Waals surface area contributed by atoms with Gasteiger partial charge in [-0.3, -0.25) is 4.79 Å². The Morgan fingerprint density at radius 1 is 1.39 bits per heavy atom.